The number of aromatic hydroxyl groups is 1. The summed E-state index contributed by atoms with van der Waals surface area (Å²) in [5.41, 5.74) is -0.382. The van der Waals surface area contributed by atoms with E-state index < -0.39 is 20.6 Å². The van der Waals surface area contributed by atoms with Crippen LogP contribution in [-0.2, 0) is 15.1 Å². The monoisotopic (exact) mass is 380 g/mol. The van der Waals surface area contributed by atoms with Gasteiger partial charge < -0.3 is 9.84 Å². The van der Waals surface area contributed by atoms with E-state index in [-0.39, 0.29) is 5.97 Å². The van der Waals surface area contributed by atoms with Crippen LogP contribution in [0.15, 0.2) is 18.2 Å². The molecule has 1 aromatic carbocycles. The maximum absolute atomic E-state index is 13.0. The molecule has 0 aromatic heterocycles. The Labute approximate surface area is 126 Å². The van der Waals surface area contributed by atoms with E-state index in [4.69, 9.17) is 4.74 Å². The number of benzene rings is 1. The van der Waals surface area contributed by atoms with Crippen molar-refractivity contribution < 1.29 is 19.0 Å². The van der Waals surface area contributed by atoms with E-state index in [9.17, 15) is 14.3 Å². The summed E-state index contributed by atoms with van der Waals surface area (Å²) in [4.78, 5) is 12.1. The van der Waals surface area contributed by atoms with Crippen molar-refractivity contribution in [2.45, 2.75) is 43.1 Å². The van der Waals surface area contributed by atoms with Gasteiger partial charge in [0, 0.05) is 0 Å². The third-order valence-electron chi connectivity index (χ3n) is 3.08. The third-order valence-corrected chi connectivity index (χ3v) is 4.28. The zero-order valence-electron chi connectivity index (χ0n) is 11.5. The van der Waals surface area contributed by atoms with Crippen molar-refractivity contribution in [2.75, 3.05) is 0 Å². The first-order chi connectivity index (χ1) is 8.60. The van der Waals surface area contributed by atoms with Crippen LogP contribution < -0.4 is 0 Å². The molecule has 1 unspecified atom stereocenters. The summed E-state index contributed by atoms with van der Waals surface area (Å²) in [5.74, 6) is -1.48. The fourth-order valence-electron chi connectivity index (χ4n) is 1.43. The van der Waals surface area contributed by atoms with Crippen molar-refractivity contribution in [2.24, 2.45) is 0 Å². The molecule has 106 valence electrons. The van der Waals surface area contributed by atoms with E-state index >= 15 is 0 Å². The summed E-state index contributed by atoms with van der Waals surface area (Å²) in [6.45, 7) is 7.12. The highest BCUT2D eigenvalue weighted by molar-refractivity contribution is 14.1. The SMILES string of the molecule is CCC(C)(I)C(=O)OC(C)(C)c1ccc(F)c(O)c1. The van der Waals surface area contributed by atoms with E-state index in [1.807, 2.05) is 6.92 Å². The highest BCUT2D eigenvalue weighted by Gasteiger charge is 2.35. The number of halogens is 2. The number of ether oxygens (including phenoxy) is 1. The van der Waals surface area contributed by atoms with E-state index in [0.717, 1.165) is 6.07 Å². The zero-order valence-corrected chi connectivity index (χ0v) is 13.6. The largest absolute Gasteiger partial charge is 0.505 e. The topological polar surface area (TPSA) is 46.5 Å². The van der Waals surface area contributed by atoms with Crippen molar-refractivity contribution in [3.05, 3.63) is 29.6 Å². The molecule has 1 aromatic rings. The van der Waals surface area contributed by atoms with Gasteiger partial charge in [-0.2, -0.15) is 0 Å². The van der Waals surface area contributed by atoms with E-state index in [1.54, 1.807) is 20.8 Å². The van der Waals surface area contributed by atoms with E-state index in [1.165, 1.54) is 12.1 Å². The molecule has 0 aliphatic heterocycles. The van der Waals surface area contributed by atoms with Crippen molar-refractivity contribution >= 4 is 28.6 Å². The molecule has 1 N–H and O–H groups in total. The second-order valence-corrected chi connectivity index (χ2v) is 7.50. The molecule has 0 aliphatic carbocycles. The van der Waals surface area contributed by atoms with Crippen LogP contribution in [0.1, 0.15) is 39.7 Å². The average molecular weight is 380 g/mol. The number of phenolic OH excluding ortho intramolecular Hbond substituents is 1. The second kappa shape index (κ2) is 5.64. The minimum absolute atomic E-state index is 0.329. The fourth-order valence-corrected chi connectivity index (χ4v) is 1.54. The molecule has 0 spiro atoms. The van der Waals surface area contributed by atoms with Crippen molar-refractivity contribution in [1.82, 2.24) is 0 Å². The molecular formula is C14H18FIO3. The van der Waals surface area contributed by atoms with Crippen LogP contribution in [0.2, 0.25) is 0 Å². The first-order valence-electron chi connectivity index (χ1n) is 6.01. The molecule has 0 heterocycles. The molecule has 0 saturated heterocycles. The lowest BCUT2D eigenvalue weighted by molar-refractivity contribution is -0.159. The number of hydrogen-bond donors (Lipinski definition) is 1. The van der Waals surface area contributed by atoms with E-state index in [2.05, 4.69) is 22.6 Å². The smallest absolute Gasteiger partial charge is 0.322 e. The Morgan fingerprint density at radius 3 is 2.47 bits per heavy atom. The van der Waals surface area contributed by atoms with Crippen LogP contribution in [0.4, 0.5) is 4.39 Å². The van der Waals surface area contributed by atoms with Gasteiger partial charge in [-0.05, 0) is 44.9 Å². The number of rotatable bonds is 4. The number of carbonyl (C=O) groups is 1. The van der Waals surface area contributed by atoms with Crippen molar-refractivity contribution in [1.29, 1.82) is 0 Å². The lowest BCUT2D eigenvalue weighted by atomic mass is 9.97. The van der Waals surface area contributed by atoms with Crippen molar-refractivity contribution in [3.63, 3.8) is 0 Å². The van der Waals surface area contributed by atoms with Crippen LogP contribution in [0.5, 0.6) is 5.75 Å². The van der Waals surface area contributed by atoms with Gasteiger partial charge in [0.15, 0.2) is 11.6 Å². The summed E-state index contributed by atoms with van der Waals surface area (Å²) in [6, 6.07) is 3.93. The van der Waals surface area contributed by atoms with Gasteiger partial charge >= 0.3 is 5.97 Å². The Morgan fingerprint density at radius 1 is 1.42 bits per heavy atom. The van der Waals surface area contributed by atoms with Gasteiger partial charge in [0.1, 0.15) is 9.02 Å². The predicted octanol–water partition coefficient (Wildman–Crippen LogP) is 3.91. The van der Waals surface area contributed by atoms with Crippen LogP contribution in [0, 0.1) is 5.82 Å². The lowest BCUT2D eigenvalue weighted by Crippen LogP contribution is -2.36. The van der Waals surface area contributed by atoms with E-state index in [0.29, 0.717) is 12.0 Å². The molecule has 0 amide bonds. The lowest BCUT2D eigenvalue weighted by Gasteiger charge is -2.30. The number of esters is 1. The Bertz CT molecular complexity index is 484. The van der Waals surface area contributed by atoms with Gasteiger partial charge in [0.05, 0.1) is 0 Å². The van der Waals surface area contributed by atoms with Gasteiger partial charge in [-0.25, -0.2) is 4.39 Å². The summed E-state index contributed by atoms with van der Waals surface area (Å²) >= 11 is 2.05. The first-order valence-corrected chi connectivity index (χ1v) is 7.09. The summed E-state index contributed by atoms with van der Waals surface area (Å²) in [7, 11) is 0. The molecular weight excluding hydrogens is 362 g/mol. The minimum atomic E-state index is -0.927. The van der Waals surface area contributed by atoms with Gasteiger partial charge in [0.25, 0.3) is 0 Å². The normalized spacial score (nSPS) is 14.8. The molecule has 0 bridgehead atoms. The zero-order chi connectivity index (χ0) is 14.8. The minimum Gasteiger partial charge on any atom is -0.505 e. The van der Waals surface area contributed by atoms with Gasteiger partial charge in [-0.3, -0.25) is 4.79 Å². The van der Waals surface area contributed by atoms with Crippen LogP contribution in [0.3, 0.4) is 0 Å². The number of phenols is 1. The van der Waals surface area contributed by atoms with Gasteiger partial charge in [-0.1, -0.05) is 35.6 Å². The van der Waals surface area contributed by atoms with Crippen LogP contribution in [0.25, 0.3) is 0 Å². The number of carbonyl (C=O) groups excluding carboxylic acids is 1. The molecule has 5 heteroatoms. The standard InChI is InChI=1S/C14H18FIO3/c1-5-14(4,16)12(18)19-13(2,3)9-6-7-10(15)11(17)8-9/h6-8,17H,5H2,1-4H3. The van der Waals surface area contributed by atoms with Crippen LogP contribution >= 0.6 is 22.6 Å². The van der Waals surface area contributed by atoms with Gasteiger partial charge in [-0.15, -0.1) is 0 Å². The molecule has 3 nitrogen and oxygen atoms in total. The quantitative estimate of drug-likeness (QED) is 0.490. The second-order valence-electron chi connectivity index (χ2n) is 5.12. The maximum atomic E-state index is 13.0. The average Bonchev–Trinajstić information content (AvgIpc) is 2.31. The number of hydrogen-bond acceptors (Lipinski definition) is 3. The Morgan fingerprint density at radius 2 is 2.00 bits per heavy atom. The molecule has 0 fully saturated rings. The molecule has 19 heavy (non-hydrogen) atoms. The summed E-state index contributed by atoms with van der Waals surface area (Å²) in [6.07, 6.45) is 0.650. The summed E-state index contributed by atoms with van der Waals surface area (Å²) < 4.78 is 17.9. The highest BCUT2D eigenvalue weighted by atomic mass is 127. The molecule has 0 radical (unpaired) electrons. The van der Waals surface area contributed by atoms with Crippen molar-refractivity contribution in [3.8, 4) is 5.75 Å². The summed E-state index contributed by atoms with van der Waals surface area (Å²) in [5, 5.41) is 9.39. The Balaban J connectivity index is 2.98. The number of alkyl halides is 1. The molecule has 0 saturated carbocycles. The maximum Gasteiger partial charge on any atom is 0.322 e. The molecule has 0 aliphatic rings. The van der Waals surface area contributed by atoms with Gasteiger partial charge in [0.2, 0.25) is 0 Å². The van der Waals surface area contributed by atoms with Crippen LogP contribution in [-0.4, -0.2) is 14.5 Å². The molecule has 1 atom stereocenters. The fraction of sp³-hybridized carbons (Fsp3) is 0.500. The highest BCUT2D eigenvalue weighted by Crippen LogP contribution is 2.32. The Kier molecular flexibility index (Phi) is 4.81. The molecule has 1 rings (SSSR count). The predicted molar refractivity (Wildman–Crippen MR) is 79.9 cm³/mol. The third kappa shape index (κ3) is 3.81. The Hall–Kier alpha value is -0.850. The first kappa shape index (κ1) is 16.2.